The number of carbonyl (C=O) groups is 2. The van der Waals surface area contributed by atoms with E-state index in [1.165, 1.54) is 64.1 Å². The number of carbonyl (C=O) groups excluding carboxylic acids is 2. The Morgan fingerprint density at radius 2 is 1.15 bits per heavy atom. The molecule has 1 atom stereocenters. The lowest BCUT2D eigenvalue weighted by atomic mass is 9.98. The van der Waals surface area contributed by atoms with Crippen molar-refractivity contribution in [1.29, 1.82) is 0 Å². The van der Waals surface area contributed by atoms with Gasteiger partial charge in [0.1, 0.15) is 24.6 Å². The van der Waals surface area contributed by atoms with Gasteiger partial charge in [-0.15, -0.1) is 0 Å². The molecule has 10 rings (SSSR count). The average molecular weight is 1400 g/mol. The van der Waals surface area contributed by atoms with Crippen LogP contribution in [0.1, 0.15) is 164 Å². The maximum Gasteiger partial charge on any atom is 0.416 e. The summed E-state index contributed by atoms with van der Waals surface area (Å²) in [6, 6.07) is -5.30. The van der Waals surface area contributed by atoms with E-state index in [1.807, 2.05) is 0 Å². The topological polar surface area (TPSA) is 117 Å². The van der Waals surface area contributed by atoms with Crippen LogP contribution in [0.3, 0.4) is 0 Å². The van der Waals surface area contributed by atoms with Crippen LogP contribution in [0.15, 0.2) is 159 Å². The van der Waals surface area contributed by atoms with E-state index in [2.05, 4.69) is 9.97 Å². The molecule has 0 N–H and O–H groups in total. The van der Waals surface area contributed by atoms with Crippen LogP contribution in [0, 0.1) is 18.6 Å². The second-order valence-corrected chi connectivity index (χ2v) is 21.7. The zero-order valence-corrected chi connectivity index (χ0v) is 53.1. The van der Waals surface area contributed by atoms with Crippen LogP contribution in [-0.2, 0) is 78.4 Å². The van der Waals surface area contributed by atoms with Crippen LogP contribution in [0.5, 0.6) is 0 Å². The van der Waals surface area contributed by atoms with Crippen molar-refractivity contribution in [3.8, 4) is 22.3 Å². The Balaban J connectivity index is 0.000000300. The van der Waals surface area contributed by atoms with E-state index >= 15 is 9.59 Å². The lowest BCUT2D eigenvalue weighted by molar-refractivity contribution is -0.138. The van der Waals surface area contributed by atoms with E-state index in [9.17, 15) is 59.8 Å². The van der Waals surface area contributed by atoms with Gasteiger partial charge in [0.25, 0.3) is 11.1 Å². The van der Waals surface area contributed by atoms with Gasteiger partial charge in [0.05, 0.1) is 47.3 Å². The van der Waals surface area contributed by atoms with Crippen LogP contribution in [0.25, 0.3) is 22.3 Å². The van der Waals surface area contributed by atoms with E-state index < -0.39 is 279 Å². The number of hydrogen-bond acceptors (Lipinski definition) is 10. The van der Waals surface area contributed by atoms with Crippen molar-refractivity contribution in [1.82, 2.24) is 38.7 Å². The highest BCUT2D eigenvalue weighted by Gasteiger charge is 2.34. The maximum atomic E-state index is 15.4. The molecule has 22 heteroatoms. The highest BCUT2D eigenvalue weighted by atomic mass is 32.2. The molecule has 0 radical (unpaired) electrons. The van der Waals surface area contributed by atoms with Crippen molar-refractivity contribution in [2.24, 2.45) is 0 Å². The van der Waals surface area contributed by atoms with E-state index in [-0.39, 0.29) is 82.2 Å². The minimum Gasteiger partial charge on any atom is -0.336 e. The molecule has 508 valence electrons. The number of thioether (sulfide) groups is 2. The number of halogens is 8. The summed E-state index contributed by atoms with van der Waals surface area (Å²) in [6.07, 6.45) is -21.4. The zero-order chi connectivity index (χ0) is 101. The average Bonchev–Trinajstić information content (AvgIpc) is 1.50. The summed E-state index contributed by atoms with van der Waals surface area (Å²) in [5.41, 5.74) is -21.2. The Bertz CT molecular complexity index is 5920. The molecular formula is C74H80F8N8O4S2. The van der Waals surface area contributed by atoms with Gasteiger partial charge in [-0.05, 0) is 171 Å². The summed E-state index contributed by atoms with van der Waals surface area (Å²) in [5, 5.41) is -2.33. The highest BCUT2D eigenvalue weighted by molar-refractivity contribution is 7.98. The Labute approximate surface area is 614 Å². The minimum absolute atomic E-state index is 0.0376. The quantitative estimate of drug-likeness (QED) is 0.0295. The van der Waals surface area contributed by atoms with Gasteiger partial charge >= 0.3 is 12.4 Å². The number of rotatable bonds is 26. The number of nitrogens with zero attached hydrogens (tertiary/aromatic N) is 8. The lowest BCUT2D eigenvalue weighted by Crippen LogP contribution is -2.42. The molecule has 2 amide bonds. The van der Waals surface area contributed by atoms with Crippen molar-refractivity contribution in [3.05, 3.63) is 233 Å². The van der Waals surface area contributed by atoms with Gasteiger partial charge in [0.15, 0.2) is 10.3 Å². The van der Waals surface area contributed by atoms with Crippen molar-refractivity contribution in [3.63, 3.8) is 0 Å². The van der Waals surface area contributed by atoms with E-state index in [0.717, 1.165) is 48.2 Å². The van der Waals surface area contributed by atoms with Crippen LogP contribution in [-0.4, -0.2) is 103 Å². The molecule has 0 saturated carbocycles. The normalized spacial score (nSPS) is 21.9. The second-order valence-electron chi connectivity index (χ2n) is 20.2. The molecule has 2 heterocycles. The van der Waals surface area contributed by atoms with E-state index in [0.29, 0.717) is 27.5 Å². The van der Waals surface area contributed by atoms with Gasteiger partial charge < -0.3 is 28.7 Å². The Hall–Kier alpha value is -7.92. The molecule has 12 nitrogen and oxygen atoms in total. The standard InChI is InChI=1S/2C37H40F4N4O2S/c1-4-43(5-2)21-22-44(25(3)27-11-13-28(14-12-27)29-15-17-30(18-16-29)37(39,40)41)34(46)23-45-33-8-6-7-32(33)35(47)42-36(45)48-24-26-9-19-31(38)20-10-26;1-4-43(5-2)19-20-44(22-26-9-13-28(14-10-26)29-15-18-32(25(3)21-29)37(39,40)41)34(46)23-45-33-8-6-7-31(33)35(47)42-36(45)48-24-27-11-16-30(38)17-12-27/h9-20,25H,4-8,21-24H2,1-3H3;9-18,21H,4-8,19-20,22-24H2,1-3H3/i9D,10D,19D,20D,21D2,22D2,23D2,24D2,25D;6D2,7D2,8D2,9D,10D,13D,14D,15D,18D,19D2,20D2,21D,22D2,23D2,24D2. The number of likely N-dealkylation sites (N-methyl/N-ethyl adjacent to an activating group) is 2. The fourth-order valence-electron chi connectivity index (χ4n) is 8.94. The first-order valence-corrected chi connectivity index (χ1v) is 30.6. The number of hydrogen-bond donors (Lipinski definition) is 0. The third-order valence-electron chi connectivity index (χ3n) is 14.0. The van der Waals surface area contributed by atoms with Gasteiger partial charge in [-0.3, -0.25) is 19.2 Å². The van der Waals surface area contributed by atoms with Gasteiger partial charge in [0.2, 0.25) is 11.8 Å². The predicted molar refractivity (Wildman–Crippen MR) is 363 cm³/mol. The maximum absolute atomic E-state index is 15.4. The molecule has 8 aromatic rings. The molecule has 1 unspecified atom stereocenters. The van der Waals surface area contributed by atoms with Crippen molar-refractivity contribution in [2.75, 3.05) is 52.2 Å². The SMILES string of the molecule is [2H]c1c([2H])c(C([2H])([2H])N(C(=O)C([2H])([2H])n2c(SC([2H])([2H])c3ccc(F)cc3)nc(=O)c3c2C([2H])([2H])C([2H])([2H])C3([2H])[2H])C([2H])([2H])C([2H])([2H])N(CC)CC)c([2H])c([2H])c1-c1c([2H])c([2H])c(C(F)(F)F)c(C)c1[2H].[2H]c1c([2H])c(C([2H])([2H])Sc2nc(=O)c3c(n2C([2H])([2H])C(=O)N(C([2H])(C)c2ccc(-c4ccc(C(F)(F)F)cc4)cc2)C([2H])([2H])C([2H])([2H])N(CC)CC)CCC3)c([2H])c([2H])c1F. The van der Waals surface area contributed by atoms with E-state index in [4.69, 9.17) is 34.3 Å². The molecule has 0 aliphatic heterocycles. The predicted octanol–water partition coefficient (Wildman–Crippen LogP) is 15.3. The monoisotopic (exact) mass is 1400 g/mol. The van der Waals surface area contributed by atoms with E-state index in [1.54, 1.807) is 0 Å². The molecule has 2 aliphatic carbocycles. The van der Waals surface area contributed by atoms with Crippen LogP contribution in [0.4, 0.5) is 35.1 Å². The fraction of sp³-hybridized carbons (Fsp3) is 0.378. The van der Waals surface area contributed by atoms with Crippen LogP contribution < -0.4 is 11.1 Å². The molecule has 0 bridgehead atoms. The van der Waals surface area contributed by atoms with Crippen molar-refractivity contribution >= 4 is 35.3 Å². The Morgan fingerprint density at radius 3 is 1.74 bits per heavy atom. The summed E-state index contributed by atoms with van der Waals surface area (Å²) in [5.74, 6) is -7.07. The second kappa shape index (κ2) is 32.9. The third-order valence-corrected chi connectivity index (χ3v) is 15.6. The van der Waals surface area contributed by atoms with Gasteiger partial charge in [-0.2, -0.15) is 36.3 Å². The molecular weight excluding hydrogens is 1280 g/mol. The Morgan fingerprint density at radius 1 is 0.604 bits per heavy atom. The smallest absolute Gasteiger partial charge is 0.336 e. The Kier molecular flexibility index (Phi) is 13.1. The summed E-state index contributed by atoms with van der Waals surface area (Å²) in [6.45, 7) is -21.3. The molecule has 0 saturated heterocycles. The molecule has 0 spiro atoms. The molecule has 6 aromatic carbocycles. The largest absolute Gasteiger partial charge is 0.416 e. The first kappa shape index (κ1) is 38.3. The summed E-state index contributed by atoms with van der Waals surface area (Å²) in [4.78, 5) is 65.8. The van der Waals surface area contributed by atoms with Crippen LogP contribution >= 0.6 is 23.5 Å². The van der Waals surface area contributed by atoms with Crippen molar-refractivity contribution in [2.45, 2.75) is 140 Å². The third kappa shape index (κ3) is 18.6. The molecule has 2 aliphatic rings. The summed E-state index contributed by atoms with van der Waals surface area (Å²) in [7, 11) is 0. The first-order valence-electron chi connectivity index (χ1n) is 46.9. The number of fused-ring (bicyclic) bond motifs is 2. The number of benzene rings is 6. The van der Waals surface area contributed by atoms with Gasteiger partial charge in [-0.25, -0.2) is 8.78 Å². The van der Waals surface area contributed by atoms with Gasteiger partial charge in [-0.1, -0.05) is 148 Å². The number of amides is 2. The summed E-state index contributed by atoms with van der Waals surface area (Å²) >= 11 is -0.429. The fourth-order valence-corrected chi connectivity index (χ4v) is 10.3. The zero-order valence-electron chi connectivity index (χ0n) is 87.4. The lowest BCUT2D eigenvalue weighted by Gasteiger charge is -2.33. The van der Waals surface area contributed by atoms with Crippen LogP contribution in [0.2, 0.25) is 0 Å². The number of alkyl halides is 6. The first-order chi connectivity index (χ1) is 59.9. The van der Waals surface area contributed by atoms with Gasteiger partial charge in [0, 0.05) is 85.6 Å². The molecule has 2 aromatic heterocycles. The number of aromatic nitrogens is 4. The molecule has 96 heavy (non-hydrogen) atoms. The minimum atomic E-state index is -5.31. The summed E-state index contributed by atoms with van der Waals surface area (Å²) < 4.78 is 429. The highest BCUT2D eigenvalue weighted by Crippen LogP contribution is 2.36. The van der Waals surface area contributed by atoms with Crippen molar-refractivity contribution < 1.29 is 94.1 Å². The molecule has 0 fully saturated rings.